The third-order valence-electron chi connectivity index (χ3n) is 3.08. The van der Waals surface area contributed by atoms with E-state index in [-0.39, 0.29) is 18.9 Å². The van der Waals surface area contributed by atoms with Crippen LogP contribution in [0.25, 0.3) is 0 Å². The van der Waals surface area contributed by atoms with E-state index in [9.17, 15) is 18.0 Å². The monoisotopic (exact) mass is 342 g/mol. The Labute approximate surface area is 136 Å². The first-order chi connectivity index (χ1) is 11.4. The SMILES string of the molecule is O=C(CCn1cncn1)NCc1ccc(COCC(F)(F)F)cc1. The first kappa shape index (κ1) is 17.9. The predicted octanol–water partition coefficient (Wildman–Crippen LogP) is 2.06. The van der Waals surface area contributed by atoms with Crippen molar-refractivity contribution < 1.29 is 22.7 Å². The van der Waals surface area contributed by atoms with Crippen molar-refractivity contribution in [3.63, 3.8) is 0 Å². The van der Waals surface area contributed by atoms with Crippen LogP contribution in [0.2, 0.25) is 0 Å². The van der Waals surface area contributed by atoms with Gasteiger partial charge in [-0.25, -0.2) is 4.98 Å². The Bertz CT molecular complexity index is 627. The highest BCUT2D eigenvalue weighted by atomic mass is 19.4. The zero-order chi connectivity index (χ0) is 17.4. The molecule has 0 bridgehead atoms. The summed E-state index contributed by atoms with van der Waals surface area (Å²) >= 11 is 0. The Hall–Kier alpha value is -2.42. The number of halogens is 3. The molecule has 24 heavy (non-hydrogen) atoms. The van der Waals surface area contributed by atoms with Crippen LogP contribution in [0.5, 0.6) is 0 Å². The number of ether oxygens (including phenoxy) is 1. The minimum atomic E-state index is -4.32. The van der Waals surface area contributed by atoms with Crippen molar-refractivity contribution in [2.24, 2.45) is 0 Å². The third kappa shape index (κ3) is 6.78. The molecule has 0 atom stereocenters. The average molecular weight is 342 g/mol. The fourth-order valence-electron chi connectivity index (χ4n) is 1.89. The molecule has 0 aliphatic heterocycles. The van der Waals surface area contributed by atoms with Crippen molar-refractivity contribution in [1.82, 2.24) is 20.1 Å². The number of alkyl halides is 3. The van der Waals surface area contributed by atoms with E-state index in [0.717, 1.165) is 5.56 Å². The van der Waals surface area contributed by atoms with E-state index in [1.54, 1.807) is 28.9 Å². The van der Waals surface area contributed by atoms with Crippen LogP contribution in [0, 0.1) is 0 Å². The Balaban J connectivity index is 1.68. The number of aromatic nitrogens is 3. The molecule has 1 heterocycles. The maximum atomic E-state index is 12.0. The Morgan fingerprint density at radius 3 is 2.54 bits per heavy atom. The lowest BCUT2D eigenvalue weighted by atomic mass is 10.1. The highest BCUT2D eigenvalue weighted by Crippen LogP contribution is 2.15. The molecule has 1 amide bonds. The number of nitrogens with one attached hydrogen (secondary N) is 1. The van der Waals surface area contributed by atoms with Gasteiger partial charge in [0.25, 0.3) is 0 Å². The van der Waals surface area contributed by atoms with E-state index in [1.807, 2.05) is 0 Å². The standard InChI is InChI=1S/C15H17F3N4O2/c16-15(17,18)9-24-8-13-3-1-12(2-4-13)7-20-14(23)5-6-22-11-19-10-21-22/h1-4,10-11H,5-9H2,(H,20,23). The Morgan fingerprint density at radius 1 is 1.21 bits per heavy atom. The molecule has 9 heteroatoms. The minimum Gasteiger partial charge on any atom is -0.367 e. The summed E-state index contributed by atoms with van der Waals surface area (Å²) < 4.78 is 42.1. The predicted molar refractivity (Wildman–Crippen MR) is 78.6 cm³/mol. The summed E-state index contributed by atoms with van der Waals surface area (Å²) in [5.74, 6) is -0.122. The van der Waals surface area contributed by atoms with Crippen molar-refractivity contribution in [2.45, 2.75) is 32.3 Å². The molecule has 0 unspecified atom stereocenters. The van der Waals surface area contributed by atoms with Crippen LogP contribution in [0.4, 0.5) is 13.2 Å². The molecule has 2 rings (SSSR count). The summed E-state index contributed by atoms with van der Waals surface area (Å²) in [7, 11) is 0. The van der Waals surface area contributed by atoms with Gasteiger partial charge in [-0.2, -0.15) is 18.3 Å². The highest BCUT2D eigenvalue weighted by molar-refractivity contribution is 5.75. The number of rotatable bonds is 8. The second-order valence-electron chi connectivity index (χ2n) is 5.11. The van der Waals surface area contributed by atoms with E-state index in [0.29, 0.717) is 18.7 Å². The summed E-state index contributed by atoms with van der Waals surface area (Å²) in [6.45, 7) is -0.582. The van der Waals surface area contributed by atoms with Gasteiger partial charge in [0.15, 0.2) is 0 Å². The van der Waals surface area contributed by atoms with Crippen molar-refractivity contribution in [3.8, 4) is 0 Å². The molecule has 0 aliphatic carbocycles. The highest BCUT2D eigenvalue weighted by Gasteiger charge is 2.27. The molecule has 1 N–H and O–H groups in total. The van der Waals surface area contributed by atoms with E-state index in [2.05, 4.69) is 20.1 Å². The van der Waals surface area contributed by atoms with Gasteiger partial charge in [0.2, 0.25) is 5.91 Å². The lowest BCUT2D eigenvalue weighted by molar-refractivity contribution is -0.176. The minimum absolute atomic E-state index is 0.107. The van der Waals surface area contributed by atoms with Crippen LogP contribution in [0.1, 0.15) is 17.5 Å². The summed E-state index contributed by atoms with van der Waals surface area (Å²) in [6, 6.07) is 6.83. The molecule has 0 aliphatic rings. The van der Waals surface area contributed by atoms with Crippen molar-refractivity contribution in [2.75, 3.05) is 6.61 Å². The zero-order valence-corrected chi connectivity index (χ0v) is 12.8. The molecule has 0 fully saturated rings. The molecule has 6 nitrogen and oxygen atoms in total. The van der Waals surface area contributed by atoms with E-state index < -0.39 is 12.8 Å². The van der Waals surface area contributed by atoms with Crippen molar-refractivity contribution in [3.05, 3.63) is 48.0 Å². The van der Waals surface area contributed by atoms with Gasteiger partial charge in [-0.1, -0.05) is 24.3 Å². The molecular formula is C15H17F3N4O2. The largest absolute Gasteiger partial charge is 0.411 e. The molecule has 0 radical (unpaired) electrons. The molecule has 1 aromatic carbocycles. The first-order valence-corrected chi connectivity index (χ1v) is 7.24. The van der Waals surface area contributed by atoms with Crippen molar-refractivity contribution in [1.29, 1.82) is 0 Å². The molecule has 0 spiro atoms. The average Bonchev–Trinajstić information content (AvgIpc) is 3.04. The van der Waals surface area contributed by atoms with Gasteiger partial charge in [-0.05, 0) is 11.1 Å². The third-order valence-corrected chi connectivity index (χ3v) is 3.08. The van der Waals surface area contributed by atoms with E-state index >= 15 is 0 Å². The van der Waals surface area contributed by atoms with Crippen molar-refractivity contribution >= 4 is 5.91 Å². The number of hydrogen-bond donors (Lipinski definition) is 1. The molecule has 0 saturated carbocycles. The van der Waals surface area contributed by atoms with Crippen LogP contribution in [-0.4, -0.2) is 33.5 Å². The maximum absolute atomic E-state index is 12.0. The van der Waals surface area contributed by atoms with Crippen LogP contribution >= 0.6 is 0 Å². The number of nitrogens with zero attached hydrogens (tertiary/aromatic N) is 3. The van der Waals surface area contributed by atoms with Gasteiger partial charge in [0, 0.05) is 13.0 Å². The summed E-state index contributed by atoms with van der Waals surface area (Å²) in [4.78, 5) is 15.5. The molecule has 1 aromatic heterocycles. The topological polar surface area (TPSA) is 69.0 Å². The number of aryl methyl sites for hydroxylation is 1. The molecule has 2 aromatic rings. The summed E-state index contributed by atoms with van der Waals surface area (Å²) in [5, 5.41) is 6.66. The quantitative estimate of drug-likeness (QED) is 0.797. The second kappa shape index (κ2) is 8.44. The molecule has 130 valence electrons. The van der Waals surface area contributed by atoms with Crippen LogP contribution in [-0.2, 0) is 29.2 Å². The lowest BCUT2D eigenvalue weighted by Crippen LogP contribution is -2.24. The summed E-state index contributed by atoms with van der Waals surface area (Å²) in [5.41, 5.74) is 1.49. The molecular weight excluding hydrogens is 325 g/mol. The fourth-order valence-corrected chi connectivity index (χ4v) is 1.89. The smallest absolute Gasteiger partial charge is 0.367 e. The first-order valence-electron chi connectivity index (χ1n) is 7.24. The summed E-state index contributed by atoms with van der Waals surface area (Å²) in [6.07, 6.45) is -1.10. The Morgan fingerprint density at radius 2 is 1.92 bits per heavy atom. The normalized spacial score (nSPS) is 11.5. The second-order valence-corrected chi connectivity index (χ2v) is 5.11. The van der Waals surface area contributed by atoms with Crippen LogP contribution in [0.15, 0.2) is 36.9 Å². The van der Waals surface area contributed by atoms with E-state index in [1.165, 1.54) is 12.7 Å². The van der Waals surface area contributed by atoms with Gasteiger partial charge >= 0.3 is 6.18 Å². The van der Waals surface area contributed by atoms with E-state index in [4.69, 9.17) is 0 Å². The van der Waals surface area contributed by atoms with Gasteiger partial charge in [-0.15, -0.1) is 0 Å². The lowest BCUT2D eigenvalue weighted by Gasteiger charge is -2.09. The van der Waals surface area contributed by atoms with Gasteiger partial charge < -0.3 is 10.1 Å². The number of benzene rings is 1. The zero-order valence-electron chi connectivity index (χ0n) is 12.8. The number of carbonyl (C=O) groups is 1. The number of hydrogen-bond acceptors (Lipinski definition) is 4. The fraction of sp³-hybridized carbons (Fsp3) is 0.400. The van der Waals surface area contributed by atoms with Gasteiger partial charge in [0.05, 0.1) is 13.2 Å². The maximum Gasteiger partial charge on any atom is 0.411 e. The van der Waals surface area contributed by atoms with Crippen LogP contribution in [0.3, 0.4) is 0 Å². The number of amides is 1. The Kier molecular flexibility index (Phi) is 6.30. The van der Waals surface area contributed by atoms with Crippen LogP contribution < -0.4 is 5.32 Å². The van der Waals surface area contributed by atoms with Gasteiger partial charge in [0.1, 0.15) is 19.3 Å². The number of carbonyl (C=O) groups excluding carboxylic acids is 1. The van der Waals surface area contributed by atoms with Gasteiger partial charge in [-0.3, -0.25) is 9.48 Å². The molecule has 0 saturated heterocycles.